The van der Waals surface area contributed by atoms with Crippen LogP contribution in [0.2, 0.25) is 0 Å². The molecule has 112 valence electrons. The summed E-state index contributed by atoms with van der Waals surface area (Å²) in [5.74, 6) is 1.70. The van der Waals surface area contributed by atoms with Gasteiger partial charge < -0.3 is 10.1 Å². The summed E-state index contributed by atoms with van der Waals surface area (Å²) in [7, 11) is 1.88. The van der Waals surface area contributed by atoms with Crippen LogP contribution in [0.25, 0.3) is 0 Å². The number of ether oxygens (including phenoxy) is 1. The molecule has 1 saturated heterocycles. The van der Waals surface area contributed by atoms with Gasteiger partial charge in [-0.2, -0.15) is 0 Å². The van der Waals surface area contributed by atoms with Crippen LogP contribution in [0.3, 0.4) is 0 Å². The van der Waals surface area contributed by atoms with Crippen LogP contribution in [-0.2, 0) is 11.3 Å². The van der Waals surface area contributed by atoms with Crippen molar-refractivity contribution in [3.05, 3.63) is 40.0 Å². The number of morpholine rings is 1. The van der Waals surface area contributed by atoms with Crippen LogP contribution in [0.15, 0.2) is 23.6 Å². The molecule has 2 aromatic rings. The van der Waals surface area contributed by atoms with E-state index in [4.69, 9.17) is 4.74 Å². The Kier molecular flexibility index (Phi) is 4.48. The van der Waals surface area contributed by atoms with Gasteiger partial charge in [0.1, 0.15) is 11.6 Å². The van der Waals surface area contributed by atoms with Gasteiger partial charge in [-0.05, 0) is 18.4 Å². The molecule has 0 saturated carbocycles. The Morgan fingerprint density at radius 3 is 3.14 bits per heavy atom. The van der Waals surface area contributed by atoms with Crippen molar-refractivity contribution in [2.45, 2.75) is 19.5 Å². The summed E-state index contributed by atoms with van der Waals surface area (Å²) in [4.78, 5) is 13.0. The smallest absolute Gasteiger partial charge is 0.150 e. The second-order valence-electron chi connectivity index (χ2n) is 5.14. The number of hydrogen-bond donors (Lipinski definition) is 1. The highest BCUT2D eigenvalue weighted by molar-refractivity contribution is 7.09. The SMILES string of the molecule is CNc1cc(C)nc([C@H]2COCCN2Cc2cccs2)n1. The predicted octanol–water partition coefficient (Wildman–Crippen LogP) is 2.46. The fraction of sp³-hybridized carbons (Fsp3) is 0.467. The molecule has 1 atom stereocenters. The second kappa shape index (κ2) is 6.51. The maximum atomic E-state index is 5.66. The highest BCUT2D eigenvalue weighted by Crippen LogP contribution is 2.25. The lowest BCUT2D eigenvalue weighted by atomic mass is 10.2. The molecule has 6 heteroatoms. The van der Waals surface area contributed by atoms with Crippen LogP contribution in [0, 0.1) is 6.92 Å². The van der Waals surface area contributed by atoms with E-state index in [-0.39, 0.29) is 6.04 Å². The van der Waals surface area contributed by atoms with Crippen LogP contribution in [0.5, 0.6) is 0 Å². The lowest BCUT2D eigenvalue weighted by molar-refractivity contribution is -0.0154. The normalized spacial score (nSPS) is 19.6. The maximum absolute atomic E-state index is 5.66. The molecule has 3 rings (SSSR count). The summed E-state index contributed by atoms with van der Waals surface area (Å²) in [6, 6.07) is 6.34. The first-order valence-corrected chi connectivity index (χ1v) is 8.02. The van der Waals surface area contributed by atoms with Gasteiger partial charge in [0.2, 0.25) is 0 Å². The van der Waals surface area contributed by atoms with Gasteiger partial charge in [0.25, 0.3) is 0 Å². The van der Waals surface area contributed by atoms with E-state index in [9.17, 15) is 0 Å². The van der Waals surface area contributed by atoms with Crippen molar-refractivity contribution in [1.82, 2.24) is 14.9 Å². The molecule has 5 nitrogen and oxygen atoms in total. The van der Waals surface area contributed by atoms with E-state index in [1.54, 1.807) is 11.3 Å². The molecule has 0 amide bonds. The van der Waals surface area contributed by atoms with Crippen molar-refractivity contribution in [1.29, 1.82) is 0 Å². The molecular formula is C15H20N4OS. The minimum Gasteiger partial charge on any atom is -0.378 e. The lowest BCUT2D eigenvalue weighted by Crippen LogP contribution is -2.39. The topological polar surface area (TPSA) is 50.3 Å². The Morgan fingerprint density at radius 1 is 1.48 bits per heavy atom. The maximum Gasteiger partial charge on any atom is 0.150 e. The van der Waals surface area contributed by atoms with Crippen LogP contribution in [-0.4, -0.2) is 41.7 Å². The highest BCUT2D eigenvalue weighted by Gasteiger charge is 2.27. The van der Waals surface area contributed by atoms with Gasteiger partial charge in [0.05, 0.1) is 19.3 Å². The molecule has 21 heavy (non-hydrogen) atoms. The Balaban J connectivity index is 1.85. The summed E-state index contributed by atoms with van der Waals surface area (Å²) in [5, 5.41) is 5.22. The minimum absolute atomic E-state index is 0.118. The summed E-state index contributed by atoms with van der Waals surface area (Å²) < 4.78 is 5.66. The summed E-state index contributed by atoms with van der Waals surface area (Å²) in [6.45, 7) is 5.26. The van der Waals surface area contributed by atoms with Crippen molar-refractivity contribution in [3.63, 3.8) is 0 Å². The third-order valence-corrected chi connectivity index (χ3v) is 4.47. The molecule has 1 aliphatic heterocycles. The number of hydrogen-bond acceptors (Lipinski definition) is 6. The van der Waals surface area contributed by atoms with Crippen LogP contribution in [0.1, 0.15) is 22.4 Å². The number of nitrogens with zero attached hydrogens (tertiary/aromatic N) is 3. The molecule has 3 heterocycles. The van der Waals surface area contributed by atoms with E-state index < -0.39 is 0 Å². The lowest BCUT2D eigenvalue weighted by Gasteiger charge is -2.34. The Morgan fingerprint density at radius 2 is 2.38 bits per heavy atom. The van der Waals surface area contributed by atoms with Gasteiger partial charge in [-0.3, -0.25) is 4.90 Å². The zero-order valence-corrected chi connectivity index (χ0v) is 13.2. The van der Waals surface area contributed by atoms with Crippen LogP contribution >= 0.6 is 11.3 Å². The molecule has 1 aliphatic rings. The molecule has 1 fully saturated rings. The summed E-state index contributed by atoms with van der Waals surface area (Å²) in [6.07, 6.45) is 0. The van der Waals surface area contributed by atoms with Crippen molar-refractivity contribution >= 4 is 17.2 Å². The number of rotatable bonds is 4. The monoisotopic (exact) mass is 304 g/mol. The fourth-order valence-corrected chi connectivity index (χ4v) is 3.27. The number of nitrogens with one attached hydrogen (secondary N) is 1. The molecule has 0 unspecified atom stereocenters. The Bertz CT molecular complexity index is 587. The van der Waals surface area contributed by atoms with E-state index in [0.717, 1.165) is 37.0 Å². The zero-order chi connectivity index (χ0) is 14.7. The van der Waals surface area contributed by atoms with Gasteiger partial charge in [-0.15, -0.1) is 11.3 Å². The van der Waals surface area contributed by atoms with Gasteiger partial charge in [0.15, 0.2) is 0 Å². The fourth-order valence-electron chi connectivity index (χ4n) is 2.54. The number of anilines is 1. The second-order valence-corrected chi connectivity index (χ2v) is 6.18. The highest BCUT2D eigenvalue weighted by atomic mass is 32.1. The average Bonchev–Trinajstić information content (AvgIpc) is 3.00. The quantitative estimate of drug-likeness (QED) is 0.940. The number of aromatic nitrogens is 2. The van der Waals surface area contributed by atoms with E-state index in [0.29, 0.717) is 6.61 Å². The standard InChI is InChI=1S/C15H20N4OS/c1-11-8-14(16-2)18-15(17-11)13-10-20-6-5-19(13)9-12-4-3-7-21-12/h3-4,7-8,13H,5-6,9-10H2,1-2H3,(H,16,17,18)/t13-/m1/s1. The third-order valence-electron chi connectivity index (χ3n) is 3.60. The first-order valence-electron chi connectivity index (χ1n) is 7.14. The molecule has 1 N–H and O–H groups in total. The van der Waals surface area contributed by atoms with Crippen molar-refractivity contribution < 1.29 is 4.74 Å². The average molecular weight is 304 g/mol. The third kappa shape index (κ3) is 3.40. The van der Waals surface area contributed by atoms with Gasteiger partial charge in [-0.25, -0.2) is 9.97 Å². The van der Waals surface area contributed by atoms with Crippen molar-refractivity contribution in [3.8, 4) is 0 Å². The first kappa shape index (κ1) is 14.4. The predicted molar refractivity (Wildman–Crippen MR) is 84.6 cm³/mol. The molecule has 0 radical (unpaired) electrons. The van der Waals surface area contributed by atoms with Gasteiger partial charge >= 0.3 is 0 Å². The summed E-state index contributed by atoms with van der Waals surface area (Å²) >= 11 is 1.79. The van der Waals surface area contributed by atoms with Crippen LogP contribution in [0.4, 0.5) is 5.82 Å². The van der Waals surface area contributed by atoms with E-state index in [1.165, 1.54) is 4.88 Å². The molecule has 0 bridgehead atoms. The van der Waals surface area contributed by atoms with Gasteiger partial charge in [0, 0.05) is 36.8 Å². The molecule has 0 aromatic carbocycles. The Labute approximate surface area is 129 Å². The number of aryl methyl sites for hydroxylation is 1. The largest absolute Gasteiger partial charge is 0.378 e. The molecular weight excluding hydrogens is 284 g/mol. The summed E-state index contributed by atoms with van der Waals surface area (Å²) in [5.41, 5.74) is 0.978. The zero-order valence-electron chi connectivity index (χ0n) is 12.4. The first-order chi connectivity index (χ1) is 10.3. The van der Waals surface area contributed by atoms with E-state index >= 15 is 0 Å². The minimum atomic E-state index is 0.118. The Hall–Kier alpha value is -1.50. The number of thiophene rings is 1. The van der Waals surface area contributed by atoms with Gasteiger partial charge in [-0.1, -0.05) is 6.07 Å². The molecule has 0 spiro atoms. The molecule has 2 aromatic heterocycles. The van der Waals surface area contributed by atoms with Crippen LogP contribution < -0.4 is 5.32 Å². The van der Waals surface area contributed by atoms with Crippen molar-refractivity contribution in [2.24, 2.45) is 0 Å². The van der Waals surface area contributed by atoms with E-state index in [2.05, 4.69) is 37.7 Å². The van der Waals surface area contributed by atoms with E-state index in [1.807, 2.05) is 20.0 Å². The van der Waals surface area contributed by atoms with Crippen molar-refractivity contribution in [2.75, 3.05) is 32.1 Å². The molecule has 0 aliphatic carbocycles.